The average molecular weight is 619 g/mol. The van der Waals surface area contributed by atoms with Gasteiger partial charge in [0, 0.05) is 11.3 Å². The van der Waals surface area contributed by atoms with Crippen LogP contribution < -0.4 is 0 Å². The van der Waals surface area contributed by atoms with E-state index in [9.17, 15) is 25.5 Å². The highest BCUT2D eigenvalue weighted by Gasteiger charge is 2.86. The molecule has 3 saturated heterocycles. The lowest BCUT2D eigenvalue weighted by Crippen LogP contribution is -2.58. The minimum atomic E-state index is -1.30. The van der Waals surface area contributed by atoms with Gasteiger partial charge in [-0.05, 0) is 92.3 Å². The summed E-state index contributed by atoms with van der Waals surface area (Å²) in [5.41, 5.74) is -0.456. The molecule has 248 valence electrons. The molecule has 8 aliphatic rings. The lowest BCUT2D eigenvalue weighted by Gasteiger charge is -2.60. The fraction of sp³-hybridized carbons (Fsp3) is 0.943. The first kappa shape index (κ1) is 30.7. The number of fused-ring (bicyclic) bond motifs is 4. The fourth-order valence-corrected chi connectivity index (χ4v) is 13.1. The van der Waals surface area contributed by atoms with Crippen molar-refractivity contribution in [3.05, 3.63) is 11.6 Å². The summed E-state index contributed by atoms with van der Waals surface area (Å²) in [7, 11) is 0. The molecule has 7 fully saturated rings. The zero-order valence-corrected chi connectivity index (χ0v) is 27.5. The van der Waals surface area contributed by atoms with Gasteiger partial charge in [-0.1, -0.05) is 46.3 Å². The molecule has 4 saturated carbocycles. The van der Waals surface area contributed by atoms with Crippen molar-refractivity contribution in [1.82, 2.24) is 0 Å². The summed E-state index contributed by atoms with van der Waals surface area (Å²) in [5.74, 6) is -0.431. The topological polar surface area (TPSA) is 138 Å². The summed E-state index contributed by atoms with van der Waals surface area (Å²) in [6, 6.07) is 0. The first-order chi connectivity index (χ1) is 20.4. The van der Waals surface area contributed by atoms with Gasteiger partial charge in [-0.3, -0.25) is 0 Å². The molecular formula is C35H54O9. The van der Waals surface area contributed by atoms with Gasteiger partial charge in [0.1, 0.15) is 30.5 Å². The van der Waals surface area contributed by atoms with Crippen LogP contribution in [0.5, 0.6) is 0 Å². The Morgan fingerprint density at radius 3 is 2.41 bits per heavy atom. The molecule has 9 heteroatoms. The van der Waals surface area contributed by atoms with Crippen molar-refractivity contribution in [1.29, 1.82) is 0 Å². The first-order valence-electron chi connectivity index (χ1n) is 17.2. The van der Waals surface area contributed by atoms with E-state index in [0.29, 0.717) is 11.8 Å². The maximum Gasteiger partial charge on any atom is 0.199 e. The highest BCUT2D eigenvalue weighted by molar-refractivity contribution is 5.48. The predicted octanol–water partition coefficient (Wildman–Crippen LogP) is 3.04. The largest absolute Gasteiger partial charge is 0.388 e. The number of allylic oxidation sites excluding steroid dienone is 1. The van der Waals surface area contributed by atoms with Crippen LogP contribution >= 0.6 is 0 Å². The molecule has 0 aromatic heterocycles. The van der Waals surface area contributed by atoms with E-state index in [-0.39, 0.29) is 46.4 Å². The number of ether oxygens (including phenoxy) is 4. The molecule has 5 N–H and O–H groups in total. The highest BCUT2D eigenvalue weighted by atomic mass is 16.8. The van der Waals surface area contributed by atoms with Crippen molar-refractivity contribution >= 4 is 0 Å². The Kier molecular flexibility index (Phi) is 6.20. The molecule has 0 unspecified atom stereocenters. The predicted molar refractivity (Wildman–Crippen MR) is 159 cm³/mol. The molecule has 3 spiro atoms. The Balaban J connectivity index is 1.13. The quantitative estimate of drug-likeness (QED) is 0.302. The van der Waals surface area contributed by atoms with Gasteiger partial charge < -0.3 is 44.5 Å². The van der Waals surface area contributed by atoms with Crippen molar-refractivity contribution in [2.24, 2.45) is 44.8 Å². The number of hydrogen-bond acceptors (Lipinski definition) is 9. The third-order valence-electron chi connectivity index (χ3n) is 15.2. The lowest BCUT2D eigenvalue weighted by atomic mass is 9.44. The molecule has 16 atom stereocenters. The summed E-state index contributed by atoms with van der Waals surface area (Å²) in [6.07, 6.45) is 2.81. The molecule has 0 aromatic rings. The zero-order chi connectivity index (χ0) is 31.6. The molecule has 3 heterocycles. The van der Waals surface area contributed by atoms with E-state index in [0.717, 1.165) is 44.9 Å². The second-order valence-corrected chi connectivity index (χ2v) is 17.8. The Hall–Kier alpha value is -0.620. The van der Waals surface area contributed by atoms with E-state index in [1.807, 2.05) is 0 Å². The number of hydrogen-bond donors (Lipinski definition) is 5. The minimum Gasteiger partial charge on any atom is -0.388 e. The molecule has 0 radical (unpaired) electrons. The second kappa shape index (κ2) is 8.88. The average Bonchev–Trinajstić information content (AvgIpc) is 3.45. The van der Waals surface area contributed by atoms with Gasteiger partial charge in [-0.2, -0.15) is 0 Å². The lowest BCUT2D eigenvalue weighted by molar-refractivity contribution is -0.300. The van der Waals surface area contributed by atoms with Crippen LogP contribution in [0.3, 0.4) is 0 Å². The van der Waals surface area contributed by atoms with Crippen molar-refractivity contribution < 1.29 is 44.5 Å². The first-order valence-corrected chi connectivity index (χ1v) is 17.2. The fourth-order valence-electron chi connectivity index (χ4n) is 13.1. The van der Waals surface area contributed by atoms with E-state index in [1.54, 1.807) is 13.8 Å². The van der Waals surface area contributed by atoms with Gasteiger partial charge in [0.2, 0.25) is 0 Å². The maximum absolute atomic E-state index is 12.6. The van der Waals surface area contributed by atoms with Gasteiger partial charge in [0.05, 0.1) is 24.4 Å². The van der Waals surface area contributed by atoms with E-state index < -0.39 is 53.6 Å². The van der Waals surface area contributed by atoms with Gasteiger partial charge in [0.25, 0.3) is 0 Å². The number of aliphatic hydroxyl groups excluding tert-OH is 4. The Morgan fingerprint density at radius 1 is 0.977 bits per heavy atom. The Morgan fingerprint density at radius 2 is 1.70 bits per heavy atom. The molecule has 9 nitrogen and oxygen atoms in total. The maximum atomic E-state index is 12.6. The van der Waals surface area contributed by atoms with Crippen LogP contribution in [0.2, 0.25) is 0 Å². The molecular weight excluding hydrogens is 564 g/mol. The molecule has 44 heavy (non-hydrogen) atoms. The van der Waals surface area contributed by atoms with Gasteiger partial charge in [-0.15, -0.1) is 0 Å². The summed E-state index contributed by atoms with van der Waals surface area (Å²) in [5, 5.41) is 54.4. The summed E-state index contributed by atoms with van der Waals surface area (Å²) in [6.45, 7) is 15.0. The zero-order valence-electron chi connectivity index (χ0n) is 27.5. The van der Waals surface area contributed by atoms with E-state index in [1.165, 1.54) is 5.57 Å². The molecule has 5 aliphatic carbocycles. The highest BCUT2D eigenvalue weighted by Crippen LogP contribution is 2.89. The third kappa shape index (κ3) is 3.33. The van der Waals surface area contributed by atoms with Crippen LogP contribution in [-0.4, -0.2) is 92.5 Å². The molecule has 3 aliphatic heterocycles. The van der Waals surface area contributed by atoms with Crippen LogP contribution in [0.1, 0.15) is 93.4 Å². The van der Waals surface area contributed by atoms with Crippen LogP contribution in [0, 0.1) is 44.8 Å². The Bertz CT molecular complexity index is 1260. The van der Waals surface area contributed by atoms with Crippen molar-refractivity contribution in [2.75, 3.05) is 6.61 Å². The smallest absolute Gasteiger partial charge is 0.199 e. The summed E-state index contributed by atoms with van der Waals surface area (Å²) < 4.78 is 25.7. The van der Waals surface area contributed by atoms with Gasteiger partial charge in [0.15, 0.2) is 12.1 Å². The van der Waals surface area contributed by atoms with Crippen molar-refractivity contribution in [3.63, 3.8) is 0 Å². The third-order valence-corrected chi connectivity index (χ3v) is 15.2. The minimum absolute atomic E-state index is 0.0234. The van der Waals surface area contributed by atoms with Crippen molar-refractivity contribution in [3.8, 4) is 0 Å². The SMILES string of the molecule is C[C@@H]1C[C@H]2O[C@]3(O[C@H]2C(C)(C)O)[C@H]1[C@@]1(C)CC[C@@]24C[C@@]25CC[C@H](O[C@@H]2OC[C@H](O)[C@H](O)[C@H]2O)C(C)(C)[C@@H]5CC=C4[C@]1(C)[C@H]3O. The van der Waals surface area contributed by atoms with Crippen molar-refractivity contribution in [2.45, 2.75) is 154 Å². The molecule has 8 rings (SSSR count). The van der Waals surface area contributed by atoms with Gasteiger partial charge in [-0.25, -0.2) is 0 Å². The van der Waals surface area contributed by atoms with E-state index >= 15 is 0 Å². The van der Waals surface area contributed by atoms with E-state index in [4.69, 9.17) is 18.9 Å². The van der Waals surface area contributed by atoms with Crippen LogP contribution in [-0.2, 0) is 18.9 Å². The number of rotatable bonds is 3. The molecule has 0 aromatic carbocycles. The number of aliphatic hydroxyl groups is 5. The normalized spacial score (nSPS) is 60.4. The van der Waals surface area contributed by atoms with Crippen LogP contribution in [0.25, 0.3) is 0 Å². The van der Waals surface area contributed by atoms with Crippen LogP contribution in [0.15, 0.2) is 11.6 Å². The van der Waals surface area contributed by atoms with E-state index in [2.05, 4.69) is 40.7 Å². The standard InChI is InChI=1S/C35H54O9/c1-17-14-19-26(30(4,5)40)44-35(43-19)25(17)31(6)12-13-34-16-33(34)11-10-22(42-27-24(38)23(37)18(36)15-41-27)29(2,3)20(33)8-9-21(34)32(31,7)28(35)39/h9,17-20,22-28,36-40H,8,10-16H2,1-7H3/t17-,18+,19-,20+,22+,23+,24-,25-,26-,27+,28-,31-,32-,33-,34+,35+/m1/s1. The molecule has 2 bridgehead atoms. The monoisotopic (exact) mass is 618 g/mol. The molecule has 0 amide bonds. The van der Waals surface area contributed by atoms with Crippen LogP contribution in [0.4, 0.5) is 0 Å². The second-order valence-electron chi connectivity index (χ2n) is 17.8. The summed E-state index contributed by atoms with van der Waals surface area (Å²) in [4.78, 5) is 0. The summed E-state index contributed by atoms with van der Waals surface area (Å²) >= 11 is 0. The Labute approximate surface area is 261 Å². The van der Waals surface area contributed by atoms with Gasteiger partial charge >= 0.3 is 0 Å².